The monoisotopic (exact) mass is 391 g/mol. The SMILES string of the molecule is CCCCCCCNCc1ccc(OCc2ccccc2)c(OCC)c1.Cl. The van der Waals surface area contributed by atoms with E-state index in [1.807, 2.05) is 31.2 Å². The number of benzene rings is 2. The fourth-order valence-corrected chi connectivity index (χ4v) is 2.87. The van der Waals surface area contributed by atoms with E-state index in [2.05, 4.69) is 36.5 Å². The Balaban J connectivity index is 0.00000364. The molecule has 0 radical (unpaired) electrons. The lowest BCUT2D eigenvalue weighted by molar-refractivity contribution is 0.269. The number of hydrogen-bond acceptors (Lipinski definition) is 3. The highest BCUT2D eigenvalue weighted by Gasteiger charge is 2.07. The molecule has 150 valence electrons. The van der Waals surface area contributed by atoms with Gasteiger partial charge in [-0.05, 0) is 43.1 Å². The molecule has 0 atom stereocenters. The molecule has 2 aromatic rings. The molecule has 4 heteroatoms. The van der Waals surface area contributed by atoms with Gasteiger partial charge in [0, 0.05) is 6.54 Å². The maximum atomic E-state index is 5.97. The molecule has 0 fully saturated rings. The predicted octanol–water partition coefficient (Wildman–Crippen LogP) is 6.15. The number of nitrogens with one attached hydrogen (secondary N) is 1. The molecule has 0 saturated carbocycles. The second-order valence-corrected chi connectivity index (χ2v) is 6.58. The zero-order valence-corrected chi connectivity index (χ0v) is 17.5. The first-order chi connectivity index (χ1) is 12.8. The second kappa shape index (κ2) is 14.4. The van der Waals surface area contributed by atoms with E-state index in [0.717, 1.165) is 30.2 Å². The summed E-state index contributed by atoms with van der Waals surface area (Å²) in [6.45, 7) is 7.38. The lowest BCUT2D eigenvalue weighted by Gasteiger charge is -2.14. The highest BCUT2D eigenvalue weighted by Crippen LogP contribution is 2.29. The largest absolute Gasteiger partial charge is 0.490 e. The van der Waals surface area contributed by atoms with Gasteiger partial charge < -0.3 is 14.8 Å². The van der Waals surface area contributed by atoms with Crippen molar-refractivity contribution in [2.75, 3.05) is 13.2 Å². The summed E-state index contributed by atoms with van der Waals surface area (Å²) in [6, 6.07) is 16.4. The summed E-state index contributed by atoms with van der Waals surface area (Å²) in [5.41, 5.74) is 2.39. The summed E-state index contributed by atoms with van der Waals surface area (Å²) >= 11 is 0. The fraction of sp³-hybridized carbons (Fsp3) is 0.478. The Morgan fingerprint density at radius 1 is 0.778 bits per heavy atom. The molecule has 3 nitrogen and oxygen atoms in total. The Morgan fingerprint density at radius 2 is 1.56 bits per heavy atom. The van der Waals surface area contributed by atoms with Crippen LogP contribution in [0.4, 0.5) is 0 Å². The van der Waals surface area contributed by atoms with Crippen molar-refractivity contribution in [3.63, 3.8) is 0 Å². The molecule has 0 aliphatic rings. The number of ether oxygens (including phenoxy) is 2. The van der Waals surface area contributed by atoms with Gasteiger partial charge in [-0.2, -0.15) is 0 Å². The lowest BCUT2D eigenvalue weighted by Crippen LogP contribution is -2.14. The van der Waals surface area contributed by atoms with E-state index in [-0.39, 0.29) is 12.4 Å². The summed E-state index contributed by atoms with van der Waals surface area (Å²) in [6.07, 6.45) is 6.56. The van der Waals surface area contributed by atoms with Crippen LogP contribution in [0.2, 0.25) is 0 Å². The zero-order valence-electron chi connectivity index (χ0n) is 16.7. The standard InChI is InChI=1S/C23H33NO2.ClH/c1-3-5-6-7-11-16-24-18-21-14-15-22(23(17-21)25-4-2)26-19-20-12-9-8-10-13-20;/h8-10,12-15,17,24H,3-7,11,16,18-19H2,1-2H3;1H. The summed E-state index contributed by atoms with van der Waals surface area (Å²) in [7, 11) is 0. The minimum absolute atomic E-state index is 0. The molecule has 0 bridgehead atoms. The van der Waals surface area contributed by atoms with Crippen molar-refractivity contribution in [2.24, 2.45) is 0 Å². The van der Waals surface area contributed by atoms with Gasteiger partial charge in [-0.1, -0.05) is 69.0 Å². The number of halogens is 1. The Hall–Kier alpha value is -1.71. The molecule has 0 aliphatic heterocycles. The summed E-state index contributed by atoms with van der Waals surface area (Å²) in [5, 5.41) is 3.53. The number of unbranched alkanes of at least 4 members (excludes halogenated alkanes) is 4. The Labute approximate surface area is 170 Å². The molecule has 0 unspecified atom stereocenters. The van der Waals surface area contributed by atoms with E-state index in [1.54, 1.807) is 0 Å². The minimum atomic E-state index is 0. The normalized spacial score (nSPS) is 10.3. The first-order valence-electron chi connectivity index (χ1n) is 9.96. The van der Waals surface area contributed by atoms with Gasteiger partial charge in [0.25, 0.3) is 0 Å². The lowest BCUT2D eigenvalue weighted by atomic mass is 10.1. The third-order valence-corrected chi connectivity index (χ3v) is 4.33. The Morgan fingerprint density at radius 3 is 2.30 bits per heavy atom. The van der Waals surface area contributed by atoms with Crippen LogP contribution >= 0.6 is 12.4 Å². The van der Waals surface area contributed by atoms with E-state index >= 15 is 0 Å². The average molecular weight is 392 g/mol. The van der Waals surface area contributed by atoms with Crippen molar-refractivity contribution in [1.82, 2.24) is 5.32 Å². The van der Waals surface area contributed by atoms with Gasteiger partial charge >= 0.3 is 0 Å². The van der Waals surface area contributed by atoms with Gasteiger partial charge in [-0.25, -0.2) is 0 Å². The van der Waals surface area contributed by atoms with Gasteiger partial charge in [0.1, 0.15) is 6.61 Å². The molecule has 0 heterocycles. The fourth-order valence-electron chi connectivity index (χ4n) is 2.87. The third kappa shape index (κ3) is 9.16. The second-order valence-electron chi connectivity index (χ2n) is 6.58. The van der Waals surface area contributed by atoms with Crippen LogP contribution in [-0.4, -0.2) is 13.2 Å². The maximum absolute atomic E-state index is 5.97. The van der Waals surface area contributed by atoms with Crippen molar-refractivity contribution < 1.29 is 9.47 Å². The van der Waals surface area contributed by atoms with Crippen LogP contribution in [0.25, 0.3) is 0 Å². The van der Waals surface area contributed by atoms with Crippen LogP contribution < -0.4 is 14.8 Å². The first-order valence-corrected chi connectivity index (χ1v) is 9.96. The molecular formula is C23H34ClNO2. The molecule has 27 heavy (non-hydrogen) atoms. The molecule has 2 aromatic carbocycles. The minimum Gasteiger partial charge on any atom is -0.490 e. The quantitative estimate of drug-likeness (QED) is 0.415. The van der Waals surface area contributed by atoms with Gasteiger partial charge in [-0.3, -0.25) is 0 Å². The van der Waals surface area contributed by atoms with E-state index in [4.69, 9.17) is 9.47 Å². The van der Waals surface area contributed by atoms with Gasteiger partial charge in [0.15, 0.2) is 11.5 Å². The summed E-state index contributed by atoms with van der Waals surface area (Å²) in [5.74, 6) is 1.63. The molecular weight excluding hydrogens is 358 g/mol. The number of rotatable bonds is 13. The molecule has 0 aromatic heterocycles. The maximum Gasteiger partial charge on any atom is 0.161 e. The van der Waals surface area contributed by atoms with Crippen LogP contribution in [0.3, 0.4) is 0 Å². The van der Waals surface area contributed by atoms with Crippen LogP contribution in [-0.2, 0) is 13.2 Å². The smallest absolute Gasteiger partial charge is 0.161 e. The average Bonchev–Trinajstić information content (AvgIpc) is 2.68. The van der Waals surface area contributed by atoms with Crippen molar-refractivity contribution in [2.45, 2.75) is 59.1 Å². The zero-order chi connectivity index (χ0) is 18.5. The Kier molecular flexibility index (Phi) is 12.4. The van der Waals surface area contributed by atoms with Crippen molar-refractivity contribution in [1.29, 1.82) is 0 Å². The molecule has 2 rings (SSSR count). The van der Waals surface area contributed by atoms with E-state index in [1.165, 1.54) is 37.7 Å². The highest BCUT2D eigenvalue weighted by molar-refractivity contribution is 5.85. The van der Waals surface area contributed by atoms with Crippen LogP contribution in [0.15, 0.2) is 48.5 Å². The topological polar surface area (TPSA) is 30.5 Å². The van der Waals surface area contributed by atoms with Gasteiger partial charge in [0.05, 0.1) is 6.61 Å². The molecule has 0 amide bonds. The molecule has 0 spiro atoms. The van der Waals surface area contributed by atoms with Crippen LogP contribution in [0, 0.1) is 0 Å². The third-order valence-electron chi connectivity index (χ3n) is 4.33. The van der Waals surface area contributed by atoms with E-state index < -0.39 is 0 Å². The van der Waals surface area contributed by atoms with E-state index in [9.17, 15) is 0 Å². The summed E-state index contributed by atoms with van der Waals surface area (Å²) < 4.78 is 11.8. The first kappa shape index (κ1) is 23.3. The van der Waals surface area contributed by atoms with Gasteiger partial charge in [-0.15, -0.1) is 12.4 Å². The van der Waals surface area contributed by atoms with Crippen LogP contribution in [0.5, 0.6) is 11.5 Å². The highest BCUT2D eigenvalue weighted by atomic mass is 35.5. The number of hydrogen-bond donors (Lipinski definition) is 1. The molecule has 0 saturated heterocycles. The van der Waals surface area contributed by atoms with Crippen molar-refractivity contribution in [3.8, 4) is 11.5 Å². The van der Waals surface area contributed by atoms with Gasteiger partial charge in [0.2, 0.25) is 0 Å². The van der Waals surface area contributed by atoms with Crippen LogP contribution in [0.1, 0.15) is 57.1 Å². The summed E-state index contributed by atoms with van der Waals surface area (Å²) in [4.78, 5) is 0. The Bertz CT molecular complexity index is 619. The predicted molar refractivity (Wildman–Crippen MR) is 116 cm³/mol. The molecule has 1 N–H and O–H groups in total. The van der Waals surface area contributed by atoms with Crippen molar-refractivity contribution in [3.05, 3.63) is 59.7 Å². The van der Waals surface area contributed by atoms with E-state index in [0.29, 0.717) is 13.2 Å². The molecule has 0 aliphatic carbocycles. The van der Waals surface area contributed by atoms with Crippen molar-refractivity contribution >= 4 is 12.4 Å².